The topological polar surface area (TPSA) is 85.1 Å². The number of aromatic nitrogens is 2. The second-order valence-electron chi connectivity index (χ2n) is 5.13. The van der Waals surface area contributed by atoms with Crippen LogP contribution < -0.4 is 21.1 Å². The van der Waals surface area contributed by atoms with Crippen LogP contribution in [-0.2, 0) is 0 Å². The standard InChI is InChI=1S/C15H19N5O/c1-21-12-4-2-3-11(5-12)13-6-14(20-15(16)19-13)18-9-10-7-17-8-10/h2-6,10,17H,7-9H2,1H3,(H3,16,18,19,20). The zero-order valence-electron chi connectivity index (χ0n) is 12.0. The van der Waals surface area contributed by atoms with Gasteiger partial charge in [-0.3, -0.25) is 0 Å². The van der Waals surface area contributed by atoms with E-state index in [-0.39, 0.29) is 5.95 Å². The van der Waals surface area contributed by atoms with Gasteiger partial charge in [0, 0.05) is 37.2 Å². The van der Waals surface area contributed by atoms with Crippen LogP contribution in [0.3, 0.4) is 0 Å². The van der Waals surface area contributed by atoms with Gasteiger partial charge in [0.2, 0.25) is 5.95 Å². The van der Waals surface area contributed by atoms with E-state index in [9.17, 15) is 0 Å². The minimum absolute atomic E-state index is 0.268. The molecular weight excluding hydrogens is 266 g/mol. The number of nitrogens with two attached hydrogens (primary N) is 1. The highest BCUT2D eigenvalue weighted by molar-refractivity contribution is 5.65. The van der Waals surface area contributed by atoms with E-state index in [1.807, 2.05) is 30.3 Å². The van der Waals surface area contributed by atoms with Gasteiger partial charge in [-0.15, -0.1) is 0 Å². The predicted molar refractivity (Wildman–Crippen MR) is 83.3 cm³/mol. The lowest BCUT2D eigenvalue weighted by atomic mass is 10.0. The van der Waals surface area contributed by atoms with Gasteiger partial charge in [-0.2, -0.15) is 4.98 Å². The van der Waals surface area contributed by atoms with Crippen molar-refractivity contribution < 1.29 is 4.74 Å². The lowest BCUT2D eigenvalue weighted by Crippen LogP contribution is -2.45. The molecule has 1 aromatic heterocycles. The van der Waals surface area contributed by atoms with Gasteiger partial charge in [-0.1, -0.05) is 12.1 Å². The lowest BCUT2D eigenvalue weighted by molar-refractivity contribution is 0.365. The molecule has 2 aromatic rings. The summed E-state index contributed by atoms with van der Waals surface area (Å²) in [5, 5.41) is 6.57. The average Bonchev–Trinajstić information content (AvgIpc) is 2.45. The monoisotopic (exact) mass is 285 g/mol. The third kappa shape index (κ3) is 3.22. The van der Waals surface area contributed by atoms with Crippen LogP contribution >= 0.6 is 0 Å². The third-order valence-corrected chi connectivity index (χ3v) is 3.55. The van der Waals surface area contributed by atoms with E-state index in [2.05, 4.69) is 20.6 Å². The Balaban J connectivity index is 1.81. The Hall–Kier alpha value is -2.34. The first kappa shape index (κ1) is 13.6. The molecule has 1 saturated heterocycles. The number of rotatable bonds is 5. The molecule has 1 fully saturated rings. The fourth-order valence-electron chi connectivity index (χ4n) is 2.23. The summed E-state index contributed by atoms with van der Waals surface area (Å²) in [7, 11) is 1.65. The summed E-state index contributed by atoms with van der Waals surface area (Å²) in [5.41, 5.74) is 7.56. The molecule has 110 valence electrons. The summed E-state index contributed by atoms with van der Waals surface area (Å²) in [6.07, 6.45) is 0. The van der Waals surface area contributed by atoms with Crippen LogP contribution in [0.25, 0.3) is 11.3 Å². The van der Waals surface area contributed by atoms with Crippen molar-refractivity contribution in [3.63, 3.8) is 0 Å². The second kappa shape index (κ2) is 5.97. The van der Waals surface area contributed by atoms with Gasteiger partial charge in [0.1, 0.15) is 11.6 Å². The summed E-state index contributed by atoms with van der Waals surface area (Å²) in [5.74, 6) is 2.47. The Bertz CT molecular complexity index is 627. The van der Waals surface area contributed by atoms with Crippen molar-refractivity contribution in [2.75, 3.05) is 37.8 Å². The minimum Gasteiger partial charge on any atom is -0.497 e. The van der Waals surface area contributed by atoms with Gasteiger partial charge in [0.25, 0.3) is 0 Å². The number of nitrogens with one attached hydrogen (secondary N) is 2. The van der Waals surface area contributed by atoms with Crippen LogP contribution in [0.4, 0.5) is 11.8 Å². The Labute approximate surface area is 123 Å². The van der Waals surface area contributed by atoms with Crippen molar-refractivity contribution in [2.45, 2.75) is 0 Å². The molecule has 1 aliphatic rings. The largest absolute Gasteiger partial charge is 0.497 e. The maximum Gasteiger partial charge on any atom is 0.222 e. The Morgan fingerprint density at radius 2 is 2.19 bits per heavy atom. The molecule has 4 N–H and O–H groups in total. The number of hydrogen-bond acceptors (Lipinski definition) is 6. The molecule has 3 rings (SSSR count). The molecule has 0 unspecified atom stereocenters. The smallest absolute Gasteiger partial charge is 0.222 e. The quantitative estimate of drug-likeness (QED) is 0.769. The molecule has 0 radical (unpaired) electrons. The van der Waals surface area contributed by atoms with Crippen LogP contribution in [0.15, 0.2) is 30.3 Å². The van der Waals surface area contributed by atoms with Gasteiger partial charge in [0.15, 0.2) is 0 Å². The zero-order valence-corrected chi connectivity index (χ0v) is 12.0. The number of ether oxygens (including phenoxy) is 1. The molecule has 6 heteroatoms. The highest BCUT2D eigenvalue weighted by Gasteiger charge is 2.16. The first-order valence-corrected chi connectivity index (χ1v) is 6.98. The van der Waals surface area contributed by atoms with Crippen LogP contribution in [0.5, 0.6) is 5.75 Å². The summed E-state index contributed by atoms with van der Waals surface area (Å²) >= 11 is 0. The fraction of sp³-hybridized carbons (Fsp3) is 0.333. The van der Waals surface area contributed by atoms with E-state index in [4.69, 9.17) is 10.5 Å². The molecule has 0 saturated carbocycles. The van der Waals surface area contributed by atoms with E-state index >= 15 is 0 Å². The minimum atomic E-state index is 0.268. The Morgan fingerprint density at radius 1 is 1.33 bits per heavy atom. The van der Waals surface area contributed by atoms with Crippen molar-refractivity contribution in [3.8, 4) is 17.0 Å². The first-order chi connectivity index (χ1) is 10.2. The van der Waals surface area contributed by atoms with Crippen molar-refractivity contribution in [1.29, 1.82) is 0 Å². The second-order valence-corrected chi connectivity index (χ2v) is 5.13. The van der Waals surface area contributed by atoms with Gasteiger partial charge in [0.05, 0.1) is 12.8 Å². The van der Waals surface area contributed by atoms with E-state index in [0.717, 1.165) is 42.5 Å². The molecule has 0 amide bonds. The molecule has 21 heavy (non-hydrogen) atoms. The Kier molecular flexibility index (Phi) is 3.87. The van der Waals surface area contributed by atoms with Crippen LogP contribution in [0.1, 0.15) is 0 Å². The average molecular weight is 285 g/mol. The molecule has 0 bridgehead atoms. The molecule has 0 aliphatic carbocycles. The SMILES string of the molecule is COc1cccc(-c2cc(NCC3CNC3)nc(N)n2)c1. The summed E-state index contributed by atoms with van der Waals surface area (Å²) in [6.45, 7) is 2.99. The summed E-state index contributed by atoms with van der Waals surface area (Å²) < 4.78 is 5.24. The number of benzene rings is 1. The van der Waals surface area contributed by atoms with Gasteiger partial charge in [-0.25, -0.2) is 4.98 Å². The normalized spacial score (nSPS) is 14.5. The zero-order chi connectivity index (χ0) is 14.7. The maximum atomic E-state index is 5.81. The van der Waals surface area contributed by atoms with Crippen LogP contribution in [0.2, 0.25) is 0 Å². The number of methoxy groups -OCH3 is 1. The molecule has 6 nitrogen and oxygen atoms in total. The van der Waals surface area contributed by atoms with E-state index in [1.165, 1.54) is 0 Å². The number of hydrogen-bond donors (Lipinski definition) is 3. The van der Waals surface area contributed by atoms with Gasteiger partial charge >= 0.3 is 0 Å². The predicted octanol–water partition coefficient (Wildman–Crippen LogP) is 1.37. The molecule has 0 atom stereocenters. The number of nitrogen functional groups attached to an aromatic ring is 1. The summed E-state index contributed by atoms with van der Waals surface area (Å²) in [4.78, 5) is 8.54. The van der Waals surface area contributed by atoms with Crippen molar-refractivity contribution in [1.82, 2.24) is 15.3 Å². The molecule has 2 heterocycles. The van der Waals surface area contributed by atoms with Crippen molar-refractivity contribution in [3.05, 3.63) is 30.3 Å². The Morgan fingerprint density at radius 3 is 2.90 bits per heavy atom. The van der Waals surface area contributed by atoms with Gasteiger partial charge in [-0.05, 0) is 12.1 Å². The molecule has 1 aliphatic heterocycles. The summed E-state index contributed by atoms with van der Waals surface area (Å²) in [6, 6.07) is 9.65. The first-order valence-electron chi connectivity index (χ1n) is 6.98. The number of anilines is 2. The fourth-order valence-corrected chi connectivity index (χ4v) is 2.23. The van der Waals surface area contributed by atoms with Crippen molar-refractivity contribution >= 4 is 11.8 Å². The highest BCUT2D eigenvalue weighted by atomic mass is 16.5. The maximum absolute atomic E-state index is 5.81. The van der Waals surface area contributed by atoms with E-state index in [0.29, 0.717) is 5.92 Å². The third-order valence-electron chi connectivity index (χ3n) is 3.55. The lowest BCUT2D eigenvalue weighted by Gasteiger charge is -2.27. The van der Waals surface area contributed by atoms with Gasteiger partial charge < -0.3 is 21.1 Å². The molecule has 0 spiro atoms. The number of nitrogens with zero attached hydrogens (tertiary/aromatic N) is 2. The van der Waals surface area contributed by atoms with E-state index in [1.54, 1.807) is 7.11 Å². The van der Waals surface area contributed by atoms with E-state index < -0.39 is 0 Å². The van der Waals surface area contributed by atoms with Crippen LogP contribution in [-0.4, -0.2) is 36.7 Å². The van der Waals surface area contributed by atoms with Crippen molar-refractivity contribution in [2.24, 2.45) is 5.92 Å². The highest BCUT2D eigenvalue weighted by Crippen LogP contribution is 2.24. The molecular formula is C15H19N5O. The molecule has 1 aromatic carbocycles. The van der Waals surface area contributed by atoms with Crippen LogP contribution in [0, 0.1) is 5.92 Å².